The van der Waals surface area contributed by atoms with Crippen LogP contribution in [0.1, 0.15) is 41.5 Å². The van der Waals surface area contributed by atoms with E-state index in [2.05, 4.69) is 52.6 Å². The maximum Gasteiger partial charge on any atom is 0.0230 e. The molecule has 0 aliphatic heterocycles. The molecule has 0 saturated heterocycles. The summed E-state index contributed by atoms with van der Waals surface area (Å²) in [6, 6.07) is 1.20. The van der Waals surface area contributed by atoms with Crippen LogP contribution in [0, 0.1) is 0 Å². The maximum atomic E-state index is 2.37. The second kappa shape index (κ2) is 4.42. The van der Waals surface area contributed by atoms with Crippen LogP contribution < -0.4 is 0 Å². The minimum Gasteiger partial charge on any atom is -0.373 e. The van der Waals surface area contributed by atoms with Gasteiger partial charge in [-0.3, -0.25) is 0 Å². The zero-order valence-electron chi connectivity index (χ0n) is 8.68. The Morgan fingerprint density at radius 1 is 1.00 bits per heavy atom. The van der Waals surface area contributed by atoms with E-state index < -0.39 is 0 Å². The predicted molar refractivity (Wildman–Crippen MR) is 51.5 cm³/mol. The molecule has 0 unspecified atom stereocenters. The summed E-state index contributed by atoms with van der Waals surface area (Å²) in [6.07, 6.45) is 2.23. The van der Waals surface area contributed by atoms with Gasteiger partial charge in [-0.25, -0.2) is 0 Å². The largest absolute Gasteiger partial charge is 0.373 e. The van der Waals surface area contributed by atoms with Gasteiger partial charge in [-0.2, -0.15) is 0 Å². The Morgan fingerprint density at radius 3 is 1.45 bits per heavy atom. The molecule has 0 radical (unpaired) electrons. The molecule has 11 heavy (non-hydrogen) atoms. The third-order valence-electron chi connectivity index (χ3n) is 1.60. The summed E-state index contributed by atoms with van der Waals surface area (Å²) >= 11 is 0. The van der Waals surface area contributed by atoms with E-state index in [1.807, 2.05) is 0 Å². The summed E-state index contributed by atoms with van der Waals surface area (Å²) in [5.41, 5.74) is 1.37. The van der Waals surface area contributed by atoms with E-state index in [0.29, 0.717) is 12.1 Å². The number of hydrogen-bond donors (Lipinski definition) is 0. The summed E-state index contributed by atoms with van der Waals surface area (Å²) in [7, 11) is 0. The predicted octanol–water partition coefficient (Wildman–Crippen LogP) is 3.03. The monoisotopic (exact) mass is 155 g/mol. The molecule has 0 amide bonds. The second-order valence-electron chi connectivity index (χ2n) is 3.84. The summed E-state index contributed by atoms with van der Waals surface area (Å²) in [6.45, 7) is 13.2. The van der Waals surface area contributed by atoms with Crippen molar-refractivity contribution in [2.45, 2.75) is 53.6 Å². The van der Waals surface area contributed by atoms with Crippen LogP contribution in [-0.2, 0) is 0 Å². The summed E-state index contributed by atoms with van der Waals surface area (Å²) in [5.74, 6) is 0. The SMILES string of the molecule is CC(C)=CN(C(C)C)C(C)C. The van der Waals surface area contributed by atoms with E-state index >= 15 is 0 Å². The van der Waals surface area contributed by atoms with Gasteiger partial charge in [0.2, 0.25) is 0 Å². The Hall–Kier alpha value is -0.460. The van der Waals surface area contributed by atoms with Crippen molar-refractivity contribution in [2.24, 2.45) is 0 Å². The van der Waals surface area contributed by atoms with Crippen molar-refractivity contribution in [3.8, 4) is 0 Å². The van der Waals surface area contributed by atoms with Crippen LogP contribution in [0.3, 0.4) is 0 Å². The maximum absolute atomic E-state index is 2.37. The fraction of sp³-hybridized carbons (Fsp3) is 0.800. The molecule has 0 aliphatic rings. The lowest BCUT2D eigenvalue weighted by Gasteiger charge is -2.29. The second-order valence-corrected chi connectivity index (χ2v) is 3.84. The van der Waals surface area contributed by atoms with Crippen molar-refractivity contribution in [2.75, 3.05) is 0 Å². The van der Waals surface area contributed by atoms with Crippen molar-refractivity contribution in [1.82, 2.24) is 4.90 Å². The van der Waals surface area contributed by atoms with Crippen LogP contribution in [-0.4, -0.2) is 17.0 Å². The fourth-order valence-corrected chi connectivity index (χ4v) is 1.19. The summed E-state index contributed by atoms with van der Waals surface area (Å²) < 4.78 is 0. The minimum absolute atomic E-state index is 0.602. The highest BCUT2D eigenvalue weighted by atomic mass is 15.2. The van der Waals surface area contributed by atoms with Gasteiger partial charge in [-0.05, 0) is 47.7 Å². The first-order chi connectivity index (χ1) is 4.95. The van der Waals surface area contributed by atoms with E-state index in [1.165, 1.54) is 5.57 Å². The van der Waals surface area contributed by atoms with E-state index in [1.54, 1.807) is 0 Å². The van der Waals surface area contributed by atoms with Gasteiger partial charge in [-0.1, -0.05) is 5.57 Å². The molecule has 0 fully saturated rings. The van der Waals surface area contributed by atoms with Gasteiger partial charge >= 0.3 is 0 Å². The molecule has 0 bridgehead atoms. The van der Waals surface area contributed by atoms with Crippen molar-refractivity contribution >= 4 is 0 Å². The first-order valence-corrected chi connectivity index (χ1v) is 4.37. The van der Waals surface area contributed by atoms with E-state index in [0.717, 1.165) is 0 Å². The summed E-state index contributed by atoms with van der Waals surface area (Å²) in [4.78, 5) is 2.37. The highest BCUT2D eigenvalue weighted by Gasteiger charge is 2.07. The quantitative estimate of drug-likeness (QED) is 0.605. The Kier molecular flexibility index (Phi) is 4.24. The van der Waals surface area contributed by atoms with Gasteiger partial charge in [0.25, 0.3) is 0 Å². The van der Waals surface area contributed by atoms with Crippen molar-refractivity contribution in [3.05, 3.63) is 11.8 Å². The average Bonchev–Trinajstić information content (AvgIpc) is 1.81. The van der Waals surface area contributed by atoms with Crippen molar-refractivity contribution < 1.29 is 0 Å². The van der Waals surface area contributed by atoms with Crippen LogP contribution in [0.2, 0.25) is 0 Å². The molecule has 0 saturated carbocycles. The Bertz CT molecular complexity index is 122. The van der Waals surface area contributed by atoms with Crippen LogP contribution >= 0.6 is 0 Å². The van der Waals surface area contributed by atoms with Crippen LogP contribution in [0.5, 0.6) is 0 Å². The van der Waals surface area contributed by atoms with Crippen LogP contribution in [0.15, 0.2) is 11.8 Å². The molecule has 0 aromatic rings. The molecule has 0 N–H and O–H groups in total. The molecule has 1 nitrogen and oxygen atoms in total. The lowest BCUT2D eigenvalue weighted by atomic mass is 10.2. The van der Waals surface area contributed by atoms with Gasteiger partial charge in [-0.15, -0.1) is 0 Å². The molecular formula is C10H21N. The van der Waals surface area contributed by atoms with E-state index in [9.17, 15) is 0 Å². The van der Waals surface area contributed by atoms with Crippen molar-refractivity contribution in [1.29, 1.82) is 0 Å². The van der Waals surface area contributed by atoms with Gasteiger partial charge in [0, 0.05) is 12.1 Å². The summed E-state index contributed by atoms with van der Waals surface area (Å²) in [5, 5.41) is 0. The fourth-order valence-electron chi connectivity index (χ4n) is 1.19. The Labute approximate surface area is 71.1 Å². The smallest absolute Gasteiger partial charge is 0.0230 e. The Morgan fingerprint density at radius 2 is 1.36 bits per heavy atom. The van der Waals surface area contributed by atoms with Crippen molar-refractivity contribution in [3.63, 3.8) is 0 Å². The topological polar surface area (TPSA) is 3.24 Å². The molecule has 0 aromatic heterocycles. The standard InChI is InChI=1S/C10H21N/c1-8(2)7-11(9(3)4)10(5)6/h7,9-10H,1-6H3. The molecule has 0 aliphatic carbocycles. The first kappa shape index (κ1) is 10.5. The normalized spacial score (nSPS) is 10.5. The van der Waals surface area contributed by atoms with Gasteiger partial charge in [0.15, 0.2) is 0 Å². The molecule has 0 heterocycles. The minimum atomic E-state index is 0.602. The van der Waals surface area contributed by atoms with Gasteiger partial charge < -0.3 is 4.90 Å². The van der Waals surface area contributed by atoms with Gasteiger partial charge in [0.1, 0.15) is 0 Å². The zero-order valence-corrected chi connectivity index (χ0v) is 8.68. The molecule has 0 rings (SSSR count). The molecule has 0 atom stereocenters. The lowest BCUT2D eigenvalue weighted by Crippen LogP contribution is -2.32. The zero-order chi connectivity index (χ0) is 9.02. The number of hydrogen-bond acceptors (Lipinski definition) is 1. The molecular weight excluding hydrogens is 134 g/mol. The Balaban J connectivity index is 4.24. The average molecular weight is 155 g/mol. The van der Waals surface area contributed by atoms with E-state index in [4.69, 9.17) is 0 Å². The van der Waals surface area contributed by atoms with Crippen LogP contribution in [0.25, 0.3) is 0 Å². The molecule has 0 spiro atoms. The number of allylic oxidation sites excluding steroid dienone is 1. The first-order valence-electron chi connectivity index (χ1n) is 4.37. The lowest BCUT2D eigenvalue weighted by molar-refractivity contribution is 0.254. The van der Waals surface area contributed by atoms with E-state index in [-0.39, 0.29) is 0 Å². The number of rotatable bonds is 3. The molecule has 0 aromatic carbocycles. The highest BCUT2D eigenvalue weighted by molar-refractivity contribution is 4.94. The van der Waals surface area contributed by atoms with Gasteiger partial charge in [0.05, 0.1) is 0 Å². The highest BCUT2D eigenvalue weighted by Crippen LogP contribution is 2.07. The molecule has 1 heteroatoms. The number of nitrogens with zero attached hydrogens (tertiary/aromatic N) is 1. The van der Waals surface area contributed by atoms with Crippen LogP contribution in [0.4, 0.5) is 0 Å². The third kappa shape index (κ3) is 4.07. The third-order valence-corrected chi connectivity index (χ3v) is 1.60. The molecule has 66 valence electrons.